The van der Waals surface area contributed by atoms with Crippen molar-refractivity contribution in [3.63, 3.8) is 0 Å². The summed E-state index contributed by atoms with van der Waals surface area (Å²) < 4.78 is 12.5. The molecule has 0 aliphatic carbocycles. The van der Waals surface area contributed by atoms with Gasteiger partial charge in [0, 0.05) is 41.3 Å². The van der Waals surface area contributed by atoms with Gasteiger partial charge < -0.3 is 14.8 Å². The highest BCUT2D eigenvalue weighted by molar-refractivity contribution is 6.17. The molecule has 0 atom stereocenters. The van der Waals surface area contributed by atoms with Crippen molar-refractivity contribution in [2.24, 2.45) is 4.99 Å². The van der Waals surface area contributed by atoms with Gasteiger partial charge in [-0.2, -0.15) is 5.26 Å². The number of nitrogens with one attached hydrogen (secondary N) is 1. The van der Waals surface area contributed by atoms with Crippen LogP contribution in [0, 0.1) is 11.3 Å². The van der Waals surface area contributed by atoms with E-state index in [1.165, 1.54) is 0 Å². The first kappa shape index (κ1) is 22.8. The van der Waals surface area contributed by atoms with Gasteiger partial charge in [0.1, 0.15) is 5.60 Å². The Balaban J connectivity index is 2.04. The molecule has 1 amide bonds. The number of rotatable bonds is 5. The molecule has 6 nitrogen and oxygen atoms in total. The molecule has 6 heteroatoms. The summed E-state index contributed by atoms with van der Waals surface area (Å²) in [4.78, 5) is 17.5. The van der Waals surface area contributed by atoms with Crippen LogP contribution in [0.1, 0.15) is 72.8 Å². The van der Waals surface area contributed by atoms with E-state index >= 15 is 0 Å². The highest BCUT2D eigenvalue weighted by Gasteiger charge is 2.41. The molecule has 0 bridgehead atoms. The quantitative estimate of drug-likeness (QED) is 0.740. The third-order valence-corrected chi connectivity index (χ3v) is 6.13. The van der Waals surface area contributed by atoms with Gasteiger partial charge in [0.15, 0.2) is 11.5 Å². The lowest BCUT2D eigenvalue weighted by Gasteiger charge is -2.33. The molecule has 2 aliphatic rings. The molecule has 0 saturated carbocycles. The number of nitriles is 1. The molecule has 0 fully saturated rings. The number of ether oxygens (including phenoxy) is 2. The van der Waals surface area contributed by atoms with E-state index in [9.17, 15) is 10.1 Å². The van der Waals surface area contributed by atoms with Crippen LogP contribution in [-0.4, -0.2) is 36.4 Å². The third-order valence-electron chi connectivity index (χ3n) is 6.13. The molecule has 2 aromatic carbocycles. The first-order valence-corrected chi connectivity index (χ1v) is 11.4. The van der Waals surface area contributed by atoms with E-state index in [1.54, 1.807) is 13.1 Å². The van der Waals surface area contributed by atoms with Crippen LogP contribution in [0.5, 0.6) is 11.5 Å². The molecule has 0 aromatic heterocycles. The second kappa shape index (κ2) is 8.22. The monoisotopic (exact) mass is 445 g/mol. The Morgan fingerprint density at radius 1 is 1.24 bits per heavy atom. The number of fused-ring (bicyclic) bond motifs is 3. The van der Waals surface area contributed by atoms with Crippen molar-refractivity contribution in [3.05, 3.63) is 57.6 Å². The van der Waals surface area contributed by atoms with Crippen molar-refractivity contribution in [1.82, 2.24) is 5.32 Å². The second-order valence-electron chi connectivity index (χ2n) is 9.88. The van der Waals surface area contributed by atoms with Crippen LogP contribution in [0.15, 0.2) is 29.3 Å². The van der Waals surface area contributed by atoms with Crippen LogP contribution in [0.4, 0.5) is 0 Å². The number of hydrogen-bond donors (Lipinski definition) is 1. The van der Waals surface area contributed by atoms with E-state index < -0.39 is 5.60 Å². The van der Waals surface area contributed by atoms with Gasteiger partial charge >= 0.3 is 0 Å². The minimum Gasteiger partial charge on any atom is -0.490 e. The highest BCUT2D eigenvalue weighted by atomic mass is 16.5. The zero-order chi connectivity index (χ0) is 24.0. The molecule has 0 unspecified atom stereocenters. The summed E-state index contributed by atoms with van der Waals surface area (Å²) in [5.41, 5.74) is 5.61. The van der Waals surface area contributed by atoms with E-state index in [2.05, 4.69) is 39.1 Å². The summed E-state index contributed by atoms with van der Waals surface area (Å²) >= 11 is 0. The number of aliphatic imine (C=N–C) groups is 1. The van der Waals surface area contributed by atoms with Gasteiger partial charge in [-0.3, -0.25) is 9.79 Å². The number of hydrogen-bond acceptors (Lipinski definition) is 5. The lowest BCUT2D eigenvalue weighted by atomic mass is 9.78. The molecule has 4 rings (SSSR count). The molecule has 172 valence electrons. The Bertz CT molecular complexity index is 1200. The molecule has 0 spiro atoms. The number of carbonyl (C=O) groups is 1. The van der Waals surface area contributed by atoms with Crippen LogP contribution in [0.25, 0.3) is 0 Å². The predicted molar refractivity (Wildman–Crippen MR) is 129 cm³/mol. The molecule has 2 aromatic rings. The number of nitrogens with zero attached hydrogens (tertiary/aromatic N) is 2. The van der Waals surface area contributed by atoms with Gasteiger partial charge in [-0.1, -0.05) is 12.1 Å². The minimum atomic E-state index is -0.394. The number of benzene rings is 2. The van der Waals surface area contributed by atoms with E-state index in [0.717, 1.165) is 39.3 Å². The maximum absolute atomic E-state index is 12.3. The SMILES string of the molecule is CCOc1c(CC#N)c2c(c3c1OC(C)(C)C3)C(c1cccc(C(=O)NC)c1)=NC(C)(C)C2. The fraction of sp³-hybridized carbons (Fsp3) is 0.444. The van der Waals surface area contributed by atoms with E-state index in [4.69, 9.17) is 14.5 Å². The Hall–Kier alpha value is -3.33. The zero-order valence-electron chi connectivity index (χ0n) is 20.3. The van der Waals surface area contributed by atoms with E-state index in [0.29, 0.717) is 30.8 Å². The van der Waals surface area contributed by atoms with Crippen molar-refractivity contribution >= 4 is 11.6 Å². The van der Waals surface area contributed by atoms with Crippen molar-refractivity contribution in [1.29, 1.82) is 5.26 Å². The van der Waals surface area contributed by atoms with Gasteiger partial charge in [-0.05, 0) is 58.7 Å². The summed E-state index contributed by atoms with van der Waals surface area (Å²) in [5, 5.41) is 12.4. The maximum Gasteiger partial charge on any atom is 0.251 e. The Kier molecular flexibility index (Phi) is 5.69. The molecule has 33 heavy (non-hydrogen) atoms. The lowest BCUT2D eigenvalue weighted by molar-refractivity contribution is 0.0963. The van der Waals surface area contributed by atoms with Crippen LogP contribution in [-0.2, 0) is 19.3 Å². The van der Waals surface area contributed by atoms with E-state index in [1.807, 2.05) is 25.1 Å². The average Bonchev–Trinajstić information content (AvgIpc) is 3.09. The smallest absolute Gasteiger partial charge is 0.251 e. The van der Waals surface area contributed by atoms with Crippen LogP contribution in [0.3, 0.4) is 0 Å². The standard InChI is InChI=1S/C27H31N3O3/c1-7-32-23-18(11-12-28)19-14-26(2,3)30-22(16-9-8-10-17(13-16)25(31)29-6)21(19)20-15-27(4,5)33-24(20)23/h8-10,13H,7,11,14-15H2,1-6H3,(H,29,31). The van der Waals surface area contributed by atoms with Crippen molar-refractivity contribution in [3.8, 4) is 17.6 Å². The van der Waals surface area contributed by atoms with Gasteiger partial charge in [-0.15, -0.1) is 0 Å². The van der Waals surface area contributed by atoms with Crippen molar-refractivity contribution in [2.45, 2.75) is 65.0 Å². The van der Waals surface area contributed by atoms with Gasteiger partial charge in [0.05, 0.1) is 30.3 Å². The summed E-state index contributed by atoms with van der Waals surface area (Å²) in [6, 6.07) is 9.89. The molecular formula is C27H31N3O3. The van der Waals surface area contributed by atoms with E-state index in [-0.39, 0.29) is 17.9 Å². The van der Waals surface area contributed by atoms with Gasteiger partial charge in [-0.25, -0.2) is 0 Å². The summed E-state index contributed by atoms with van der Waals surface area (Å²) in [6.45, 7) is 10.8. The average molecular weight is 446 g/mol. The third kappa shape index (κ3) is 4.08. The normalized spacial score (nSPS) is 17.2. The number of amides is 1. The van der Waals surface area contributed by atoms with Crippen molar-refractivity contribution < 1.29 is 14.3 Å². The fourth-order valence-corrected chi connectivity index (χ4v) is 4.91. The highest BCUT2D eigenvalue weighted by Crippen LogP contribution is 2.50. The molecule has 2 aliphatic heterocycles. The van der Waals surface area contributed by atoms with Crippen LogP contribution >= 0.6 is 0 Å². The minimum absolute atomic E-state index is 0.140. The maximum atomic E-state index is 12.3. The molecule has 1 N–H and O–H groups in total. The molecule has 0 radical (unpaired) electrons. The summed E-state index contributed by atoms with van der Waals surface area (Å²) in [6.07, 6.45) is 1.65. The topological polar surface area (TPSA) is 83.7 Å². The summed E-state index contributed by atoms with van der Waals surface area (Å²) in [5.74, 6) is 1.27. The molecule has 2 heterocycles. The van der Waals surface area contributed by atoms with Crippen LogP contribution < -0.4 is 14.8 Å². The Labute approximate surface area is 195 Å². The van der Waals surface area contributed by atoms with Gasteiger partial charge in [0.25, 0.3) is 5.91 Å². The second-order valence-corrected chi connectivity index (χ2v) is 9.88. The first-order chi connectivity index (χ1) is 15.6. The van der Waals surface area contributed by atoms with Crippen LogP contribution in [0.2, 0.25) is 0 Å². The Morgan fingerprint density at radius 2 is 2.00 bits per heavy atom. The zero-order valence-corrected chi connectivity index (χ0v) is 20.3. The molecular weight excluding hydrogens is 414 g/mol. The number of carbonyl (C=O) groups excluding carboxylic acids is 1. The predicted octanol–water partition coefficient (Wildman–Crippen LogP) is 4.40. The lowest BCUT2D eigenvalue weighted by Crippen LogP contribution is -2.32. The van der Waals surface area contributed by atoms with Crippen molar-refractivity contribution in [2.75, 3.05) is 13.7 Å². The fourth-order valence-electron chi connectivity index (χ4n) is 4.91. The summed E-state index contributed by atoms with van der Waals surface area (Å²) in [7, 11) is 1.63. The Morgan fingerprint density at radius 3 is 2.67 bits per heavy atom. The first-order valence-electron chi connectivity index (χ1n) is 11.4. The van der Waals surface area contributed by atoms with Gasteiger partial charge in [0.2, 0.25) is 0 Å². The molecule has 0 saturated heterocycles. The largest absolute Gasteiger partial charge is 0.490 e.